The van der Waals surface area contributed by atoms with Gasteiger partial charge < -0.3 is 4.98 Å². The fraction of sp³-hybridized carbons (Fsp3) is 1.00. The minimum absolute atomic E-state index is 0.0400. The van der Waals surface area contributed by atoms with E-state index >= 15 is 0 Å². The largest absolute Gasteiger partial charge is 0.342 e. The lowest BCUT2D eigenvalue weighted by Crippen LogP contribution is -2.32. The summed E-state index contributed by atoms with van der Waals surface area (Å²) in [5.74, 6) is 0. The van der Waals surface area contributed by atoms with Crippen molar-refractivity contribution in [1.29, 1.82) is 0 Å². The highest BCUT2D eigenvalue weighted by molar-refractivity contribution is 6.59. The molecule has 0 aromatic carbocycles. The first-order valence-corrected chi connectivity index (χ1v) is 7.86. The summed E-state index contributed by atoms with van der Waals surface area (Å²) in [6, 6.07) is 0. The number of nitrogens with one attached hydrogen (secondary N) is 1. The molecule has 62 valence electrons. The molecule has 3 heteroatoms. The smallest absolute Gasteiger partial charge is 0.0941 e. The van der Waals surface area contributed by atoms with E-state index in [1.807, 2.05) is 0 Å². The van der Waals surface area contributed by atoms with Crippen LogP contribution in [0.25, 0.3) is 0 Å². The summed E-state index contributed by atoms with van der Waals surface area (Å²) in [5, 5.41) is 0. The van der Waals surface area contributed by atoms with Crippen molar-refractivity contribution in [3.05, 3.63) is 0 Å². The van der Waals surface area contributed by atoms with Gasteiger partial charge in [-0.05, 0) is 17.6 Å². The number of hydrogen-bond donors (Lipinski definition) is 1. The molecule has 1 N–H and O–H groups in total. The van der Waals surface area contributed by atoms with Crippen molar-refractivity contribution in [3.8, 4) is 0 Å². The predicted octanol–water partition coefficient (Wildman–Crippen LogP) is 0.443. The van der Waals surface area contributed by atoms with E-state index in [9.17, 15) is 0 Å². The zero-order valence-electron chi connectivity index (χ0n) is 7.83. The van der Waals surface area contributed by atoms with Crippen LogP contribution in [0.4, 0.5) is 0 Å². The van der Waals surface area contributed by atoms with Gasteiger partial charge in [-0.1, -0.05) is 27.3 Å². The SMILES string of the molecule is CCCN[SiH2]C(C)(C)[SiH2]C. The van der Waals surface area contributed by atoms with Gasteiger partial charge in [0.25, 0.3) is 0 Å². The van der Waals surface area contributed by atoms with Gasteiger partial charge in [0.2, 0.25) is 0 Å². The maximum Gasteiger partial charge on any atom is 0.0941 e. The van der Waals surface area contributed by atoms with Gasteiger partial charge in [0.05, 0.1) is 9.68 Å². The molecule has 0 aliphatic rings. The number of rotatable bonds is 5. The molecule has 0 rings (SSSR count). The van der Waals surface area contributed by atoms with Crippen molar-refractivity contribution in [3.63, 3.8) is 0 Å². The Morgan fingerprint density at radius 3 is 2.40 bits per heavy atom. The fourth-order valence-corrected chi connectivity index (χ4v) is 3.47. The molecule has 0 heterocycles. The van der Waals surface area contributed by atoms with Gasteiger partial charge in [-0.25, -0.2) is 0 Å². The van der Waals surface area contributed by atoms with Crippen LogP contribution < -0.4 is 4.98 Å². The Morgan fingerprint density at radius 1 is 1.40 bits per heavy atom. The molecule has 0 aliphatic carbocycles. The Kier molecular flexibility index (Phi) is 5.30. The van der Waals surface area contributed by atoms with Crippen LogP contribution in [0.15, 0.2) is 0 Å². The predicted molar refractivity (Wildman–Crippen MR) is 55.3 cm³/mol. The molecular weight excluding hydrogens is 154 g/mol. The molecule has 0 saturated carbocycles. The highest BCUT2D eigenvalue weighted by Crippen LogP contribution is 2.17. The van der Waals surface area contributed by atoms with Gasteiger partial charge in [-0.3, -0.25) is 0 Å². The minimum Gasteiger partial charge on any atom is -0.342 e. The van der Waals surface area contributed by atoms with E-state index in [4.69, 9.17) is 0 Å². The molecule has 1 nitrogen and oxygen atoms in total. The standard InChI is InChI=1S/C7H21NSi2/c1-5-6-8-10-7(2,3)9-4/h8H,5-6,9-10H2,1-4H3. The first-order valence-electron chi connectivity index (χ1n) is 4.33. The molecule has 0 spiro atoms. The lowest BCUT2D eigenvalue weighted by Gasteiger charge is -2.21. The molecule has 0 fully saturated rings. The normalized spacial score (nSPS) is 14.4. The van der Waals surface area contributed by atoms with Gasteiger partial charge in [-0.15, -0.1) is 0 Å². The van der Waals surface area contributed by atoms with E-state index in [1.54, 1.807) is 0 Å². The zero-order chi connectivity index (χ0) is 8.04. The molecule has 0 amide bonds. The molecule has 0 aromatic heterocycles. The van der Waals surface area contributed by atoms with Gasteiger partial charge in [0.1, 0.15) is 0 Å². The maximum atomic E-state index is 3.60. The second kappa shape index (κ2) is 5.10. The summed E-state index contributed by atoms with van der Waals surface area (Å²) in [4.78, 5) is 3.60. The molecule has 10 heavy (non-hydrogen) atoms. The lowest BCUT2D eigenvalue weighted by molar-refractivity contribution is 0.822. The summed E-state index contributed by atoms with van der Waals surface area (Å²) < 4.78 is 0.759. The maximum absolute atomic E-state index is 3.60. The van der Waals surface area contributed by atoms with Crippen LogP contribution in [-0.4, -0.2) is 25.7 Å². The summed E-state index contributed by atoms with van der Waals surface area (Å²) >= 11 is 0. The summed E-state index contributed by atoms with van der Waals surface area (Å²) in [6.45, 7) is 10.7. The lowest BCUT2D eigenvalue weighted by atomic mass is 10.5. The van der Waals surface area contributed by atoms with Crippen LogP contribution in [-0.2, 0) is 0 Å². The first-order chi connectivity index (χ1) is 4.62. The molecule has 0 saturated heterocycles. The van der Waals surface area contributed by atoms with Gasteiger partial charge in [0.15, 0.2) is 0 Å². The summed E-state index contributed by atoms with van der Waals surface area (Å²) in [7, 11) is 0.253. The molecule has 0 bridgehead atoms. The van der Waals surface area contributed by atoms with Crippen LogP contribution in [0.5, 0.6) is 0 Å². The molecular formula is C7H21NSi2. The Hall–Kier alpha value is 0.394. The Bertz CT molecular complexity index is 83.7. The fourth-order valence-electron chi connectivity index (χ4n) is 0.729. The summed E-state index contributed by atoms with van der Waals surface area (Å²) in [5.41, 5.74) is 0. The van der Waals surface area contributed by atoms with Crippen molar-refractivity contribution in [1.82, 2.24) is 4.98 Å². The Morgan fingerprint density at radius 2 is 2.00 bits per heavy atom. The first kappa shape index (κ1) is 10.4. The third kappa shape index (κ3) is 5.20. The van der Waals surface area contributed by atoms with Crippen molar-refractivity contribution >= 4 is 19.2 Å². The van der Waals surface area contributed by atoms with E-state index < -0.39 is 0 Å². The average molecular weight is 175 g/mol. The van der Waals surface area contributed by atoms with Crippen molar-refractivity contribution in [2.45, 2.75) is 38.4 Å². The van der Waals surface area contributed by atoms with Crippen LogP contribution in [0.2, 0.25) is 11.2 Å². The van der Waals surface area contributed by atoms with Crippen LogP contribution in [0.1, 0.15) is 27.2 Å². The second-order valence-electron chi connectivity index (χ2n) is 3.69. The van der Waals surface area contributed by atoms with Crippen molar-refractivity contribution < 1.29 is 0 Å². The van der Waals surface area contributed by atoms with E-state index in [0.29, 0.717) is 0 Å². The summed E-state index contributed by atoms with van der Waals surface area (Å²) in [6.07, 6.45) is 1.29. The third-order valence-electron chi connectivity index (χ3n) is 1.99. The van der Waals surface area contributed by atoms with Crippen LogP contribution in [0, 0.1) is 0 Å². The van der Waals surface area contributed by atoms with Crippen molar-refractivity contribution in [2.24, 2.45) is 0 Å². The monoisotopic (exact) mass is 175 g/mol. The van der Waals surface area contributed by atoms with E-state index in [1.165, 1.54) is 13.0 Å². The molecule has 0 atom stereocenters. The topological polar surface area (TPSA) is 12.0 Å². The second-order valence-corrected chi connectivity index (χ2v) is 10.1. The zero-order valence-corrected chi connectivity index (χ0v) is 10.7. The van der Waals surface area contributed by atoms with E-state index in [-0.39, 0.29) is 19.2 Å². The molecule has 0 unspecified atom stereocenters. The van der Waals surface area contributed by atoms with Crippen LogP contribution in [0.3, 0.4) is 0 Å². The minimum atomic E-state index is 0.0400. The average Bonchev–Trinajstić information content (AvgIpc) is 1.89. The van der Waals surface area contributed by atoms with Crippen LogP contribution >= 0.6 is 0 Å². The third-order valence-corrected chi connectivity index (χ3v) is 7.71. The van der Waals surface area contributed by atoms with Gasteiger partial charge in [-0.2, -0.15) is 0 Å². The quantitative estimate of drug-likeness (QED) is 0.472. The van der Waals surface area contributed by atoms with E-state index in [2.05, 4.69) is 32.3 Å². The highest BCUT2D eigenvalue weighted by Gasteiger charge is 2.14. The van der Waals surface area contributed by atoms with Crippen molar-refractivity contribution in [2.75, 3.05) is 6.54 Å². The Balaban J connectivity index is 3.28. The highest BCUT2D eigenvalue weighted by atomic mass is 28.3. The Labute approximate surface area is 69.7 Å². The number of hydrogen-bond acceptors (Lipinski definition) is 1. The molecule has 0 aliphatic heterocycles. The molecule has 0 aromatic rings. The van der Waals surface area contributed by atoms with Gasteiger partial charge in [0, 0.05) is 9.52 Å². The molecule has 0 radical (unpaired) electrons. The van der Waals surface area contributed by atoms with E-state index in [0.717, 1.165) is 4.66 Å². The van der Waals surface area contributed by atoms with Gasteiger partial charge >= 0.3 is 0 Å².